The molecule has 0 atom stereocenters. The van der Waals surface area contributed by atoms with Gasteiger partial charge in [0.15, 0.2) is 0 Å². The summed E-state index contributed by atoms with van der Waals surface area (Å²) in [6.45, 7) is 32.5. The van der Waals surface area contributed by atoms with Crippen molar-refractivity contribution in [1.29, 1.82) is 0 Å². The fraction of sp³-hybridized carbons (Fsp3) is 0.633. The van der Waals surface area contributed by atoms with Crippen molar-refractivity contribution in [2.75, 3.05) is 0 Å². The number of benzene rings is 1. The maximum atomic E-state index is 4.39. The highest BCUT2D eigenvalue weighted by Gasteiger charge is 2.17. The molecule has 0 spiro atoms. The van der Waals surface area contributed by atoms with Crippen LogP contribution in [0.2, 0.25) is 0 Å². The molecule has 2 aromatic rings. The van der Waals surface area contributed by atoms with Gasteiger partial charge in [0, 0.05) is 17.3 Å². The van der Waals surface area contributed by atoms with Crippen LogP contribution in [-0.2, 0) is 16.2 Å². The van der Waals surface area contributed by atoms with Crippen LogP contribution < -0.4 is 0 Å². The molecule has 0 aliphatic carbocycles. The first kappa shape index (κ1) is 31.6. The molecule has 0 amide bonds. The van der Waals surface area contributed by atoms with E-state index in [1.165, 1.54) is 22.4 Å². The smallest absolute Gasteiger partial charge is 0.0459 e. The number of aromatic nitrogens is 1. The highest BCUT2D eigenvalue weighted by atomic mass is 14.7. The van der Waals surface area contributed by atoms with Crippen molar-refractivity contribution in [1.82, 2.24) is 4.98 Å². The number of rotatable bonds is 1. The molecule has 0 fully saturated rings. The normalized spacial score (nSPS) is 11.4. The van der Waals surface area contributed by atoms with Gasteiger partial charge in [-0.05, 0) is 45.6 Å². The van der Waals surface area contributed by atoms with Gasteiger partial charge in [-0.15, -0.1) is 0 Å². The maximum absolute atomic E-state index is 4.39. The molecule has 31 heavy (non-hydrogen) atoms. The summed E-state index contributed by atoms with van der Waals surface area (Å²) in [7, 11) is 0. The molecule has 0 aliphatic heterocycles. The average molecular weight is 428 g/mol. The minimum atomic E-state index is 0.158. The summed E-state index contributed by atoms with van der Waals surface area (Å²) >= 11 is 0. The zero-order valence-corrected chi connectivity index (χ0v) is 23.6. The van der Waals surface area contributed by atoms with E-state index < -0.39 is 0 Å². The summed E-state index contributed by atoms with van der Waals surface area (Å²) in [4.78, 5) is 4.39. The van der Waals surface area contributed by atoms with Crippen LogP contribution in [0.1, 0.15) is 132 Å². The lowest BCUT2D eigenvalue weighted by atomic mass is 9.82. The van der Waals surface area contributed by atoms with Crippen LogP contribution in [0, 0.1) is 0 Å². The molecular weight excluding hydrogens is 374 g/mol. The van der Waals surface area contributed by atoms with Crippen LogP contribution in [0.4, 0.5) is 0 Å². The molecule has 0 N–H and O–H groups in total. The molecule has 0 bridgehead atoms. The Labute approximate surface area is 196 Å². The molecule has 1 aromatic carbocycles. The van der Waals surface area contributed by atoms with E-state index in [0.29, 0.717) is 5.92 Å². The second-order valence-electron chi connectivity index (χ2n) is 11.0. The highest BCUT2D eigenvalue weighted by Crippen LogP contribution is 2.27. The van der Waals surface area contributed by atoms with Gasteiger partial charge in [-0.2, -0.15) is 0 Å². The van der Waals surface area contributed by atoms with E-state index in [1.807, 2.05) is 33.9 Å². The van der Waals surface area contributed by atoms with Crippen molar-refractivity contribution >= 4 is 0 Å². The quantitative estimate of drug-likeness (QED) is 0.441. The Balaban J connectivity index is 0. The van der Waals surface area contributed by atoms with Gasteiger partial charge in [0.05, 0.1) is 0 Å². The molecule has 1 nitrogen and oxygen atoms in total. The highest BCUT2D eigenvalue weighted by molar-refractivity contribution is 5.31. The second-order valence-corrected chi connectivity index (χ2v) is 11.0. The van der Waals surface area contributed by atoms with Gasteiger partial charge in [-0.3, -0.25) is 4.98 Å². The number of nitrogens with zero attached hydrogens (tertiary/aromatic N) is 1. The van der Waals surface area contributed by atoms with Gasteiger partial charge in [-0.25, -0.2) is 0 Å². The maximum Gasteiger partial charge on any atom is 0.0459 e. The number of hydrogen-bond donors (Lipinski definition) is 0. The largest absolute Gasteiger partial charge is 0.261 e. The molecule has 2 rings (SSSR count). The summed E-state index contributed by atoms with van der Waals surface area (Å²) in [6.07, 6.45) is 1.91. The van der Waals surface area contributed by atoms with E-state index in [2.05, 4.69) is 118 Å². The van der Waals surface area contributed by atoms with Gasteiger partial charge < -0.3 is 0 Å². The lowest BCUT2D eigenvalue weighted by Gasteiger charge is -2.23. The number of hydrogen-bond acceptors (Lipinski definition) is 1. The van der Waals surface area contributed by atoms with E-state index in [4.69, 9.17) is 0 Å². The minimum absolute atomic E-state index is 0.158. The van der Waals surface area contributed by atoms with Gasteiger partial charge in [0.25, 0.3) is 0 Å². The minimum Gasteiger partial charge on any atom is -0.261 e. The Morgan fingerprint density at radius 1 is 0.581 bits per heavy atom. The fourth-order valence-electron chi connectivity index (χ4n) is 2.69. The lowest BCUT2D eigenvalue weighted by molar-refractivity contribution is 0.567. The topological polar surface area (TPSA) is 12.9 Å². The van der Waals surface area contributed by atoms with Gasteiger partial charge in [0.1, 0.15) is 0 Å². The molecule has 0 unspecified atom stereocenters. The van der Waals surface area contributed by atoms with Crippen molar-refractivity contribution < 1.29 is 0 Å². The summed E-state index contributed by atoms with van der Waals surface area (Å²) < 4.78 is 0. The molecule has 0 radical (unpaired) electrons. The predicted octanol–water partition coefficient (Wildman–Crippen LogP) is 9.84. The molecule has 0 aliphatic rings. The van der Waals surface area contributed by atoms with Crippen molar-refractivity contribution in [3.05, 3.63) is 65.0 Å². The zero-order chi connectivity index (χ0) is 25.0. The van der Waals surface area contributed by atoms with Crippen LogP contribution in [0.3, 0.4) is 0 Å². The van der Waals surface area contributed by atoms with Gasteiger partial charge in [0.2, 0.25) is 0 Å². The van der Waals surface area contributed by atoms with Crippen molar-refractivity contribution in [3.63, 3.8) is 0 Å². The number of pyridine rings is 1. The second kappa shape index (κ2) is 13.7. The Kier molecular flexibility index (Phi) is 14.0. The summed E-state index contributed by atoms with van der Waals surface area (Å²) in [5.41, 5.74) is 6.05. The van der Waals surface area contributed by atoms with E-state index >= 15 is 0 Å². The fourth-order valence-corrected chi connectivity index (χ4v) is 2.69. The molecule has 1 heterocycles. The SMILES string of the molecule is CC.CC.CC(C)(C)c1ccc(C(C)(C)C)cc1.CC(C)c1ccnc(C(C)(C)C)c1. The van der Waals surface area contributed by atoms with Crippen LogP contribution in [0.25, 0.3) is 0 Å². The summed E-state index contributed by atoms with van der Waals surface area (Å²) in [5, 5.41) is 0. The Bertz CT molecular complexity index is 669. The molecule has 0 saturated carbocycles. The molecule has 178 valence electrons. The third-order valence-electron chi connectivity index (χ3n) is 4.84. The molecular formula is C30H53N. The van der Waals surface area contributed by atoms with Crippen LogP contribution in [0.15, 0.2) is 42.6 Å². The summed E-state index contributed by atoms with van der Waals surface area (Å²) in [5.74, 6) is 0.587. The molecule has 1 aromatic heterocycles. The van der Waals surface area contributed by atoms with Crippen molar-refractivity contribution in [2.45, 2.75) is 126 Å². The molecule has 1 heteroatoms. The van der Waals surface area contributed by atoms with E-state index in [0.717, 1.165) is 0 Å². The van der Waals surface area contributed by atoms with Crippen LogP contribution in [0.5, 0.6) is 0 Å². The monoisotopic (exact) mass is 427 g/mol. The van der Waals surface area contributed by atoms with Gasteiger partial charge in [-0.1, -0.05) is 128 Å². The third kappa shape index (κ3) is 12.1. The van der Waals surface area contributed by atoms with E-state index in [9.17, 15) is 0 Å². The molecule has 0 saturated heterocycles. The van der Waals surface area contributed by atoms with Crippen LogP contribution >= 0.6 is 0 Å². The Hall–Kier alpha value is -1.63. The van der Waals surface area contributed by atoms with Gasteiger partial charge >= 0.3 is 0 Å². The first-order valence-corrected chi connectivity index (χ1v) is 12.2. The third-order valence-corrected chi connectivity index (χ3v) is 4.84. The first-order chi connectivity index (χ1) is 14.1. The zero-order valence-electron chi connectivity index (χ0n) is 23.6. The van der Waals surface area contributed by atoms with E-state index in [1.54, 1.807) is 0 Å². The van der Waals surface area contributed by atoms with Crippen molar-refractivity contribution in [3.8, 4) is 0 Å². The summed E-state index contributed by atoms with van der Waals surface area (Å²) in [6, 6.07) is 13.3. The lowest BCUT2D eigenvalue weighted by Crippen LogP contribution is -2.14. The first-order valence-electron chi connectivity index (χ1n) is 12.2. The average Bonchev–Trinajstić information content (AvgIpc) is 2.70. The van der Waals surface area contributed by atoms with Crippen LogP contribution in [-0.4, -0.2) is 4.98 Å². The van der Waals surface area contributed by atoms with Crippen molar-refractivity contribution in [2.24, 2.45) is 0 Å². The van der Waals surface area contributed by atoms with E-state index in [-0.39, 0.29) is 16.2 Å². The predicted molar refractivity (Wildman–Crippen MR) is 144 cm³/mol. The standard InChI is InChI=1S/C14H22.C12H19N.2C2H6/c1-13(2,3)11-7-9-12(10-8-11)14(4,5)6;1-9(2)10-6-7-13-11(8-10)12(3,4)5;2*1-2/h7-10H,1-6H3;6-9H,1-5H3;2*1-2H3. The Morgan fingerprint density at radius 3 is 1.19 bits per heavy atom. The Morgan fingerprint density at radius 2 is 0.935 bits per heavy atom.